The quantitative estimate of drug-likeness (QED) is 0.382. The van der Waals surface area contributed by atoms with Crippen molar-refractivity contribution in [1.82, 2.24) is 19.9 Å². The Hall–Kier alpha value is -3.97. The van der Waals surface area contributed by atoms with Crippen molar-refractivity contribution in [3.05, 3.63) is 101 Å². The summed E-state index contributed by atoms with van der Waals surface area (Å²) in [6, 6.07) is 17.0. The van der Waals surface area contributed by atoms with E-state index in [1.165, 1.54) is 6.33 Å². The zero-order chi connectivity index (χ0) is 23.2. The number of imidazole rings is 1. The molecule has 33 heavy (non-hydrogen) atoms. The molecule has 5 rings (SSSR count). The molecule has 0 radical (unpaired) electrons. The summed E-state index contributed by atoms with van der Waals surface area (Å²) < 4.78 is 6.35. The maximum absolute atomic E-state index is 12.5. The lowest BCUT2D eigenvalue weighted by molar-refractivity contribution is 0.122. The first kappa shape index (κ1) is 20.9. The molecule has 0 amide bonds. The van der Waals surface area contributed by atoms with Crippen molar-refractivity contribution >= 4 is 11.0 Å². The van der Waals surface area contributed by atoms with Gasteiger partial charge in [-0.05, 0) is 61.2 Å². The summed E-state index contributed by atoms with van der Waals surface area (Å²) in [5.74, 6) is 0.649. The van der Waals surface area contributed by atoms with Crippen LogP contribution in [0.3, 0.4) is 0 Å². The van der Waals surface area contributed by atoms with E-state index in [2.05, 4.69) is 22.0 Å². The van der Waals surface area contributed by atoms with E-state index in [4.69, 9.17) is 4.52 Å². The van der Waals surface area contributed by atoms with Gasteiger partial charge in [-0.25, -0.2) is 4.98 Å². The van der Waals surface area contributed by atoms with Crippen LogP contribution in [0.4, 0.5) is 0 Å². The van der Waals surface area contributed by atoms with E-state index in [1.54, 1.807) is 12.3 Å². The highest BCUT2D eigenvalue weighted by atomic mass is 16.5. The van der Waals surface area contributed by atoms with Gasteiger partial charge in [-0.2, -0.15) is 4.73 Å². The van der Waals surface area contributed by atoms with Crippen molar-refractivity contribution < 1.29 is 14.8 Å². The third kappa shape index (κ3) is 3.29. The van der Waals surface area contributed by atoms with Gasteiger partial charge < -0.3 is 14.8 Å². The second-order valence-corrected chi connectivity index (χ2v) is 8.16. The van der Waals surface area contributed by atoms with Crippen LogP contribution in [-0.4, -0.2) is 30.2 Å². The molecule has 2 N–H and O–H groups in total. The number of rotatable bonds is 5. The van der Waals surface area contributed by atoms with Gasteiger partial charge in [-0.15, -0.1) is 0 Å². The minimum absolute atomic E-state index is 0.461. The Bertz CT molecular complexity index is 1440. The molecule has 3 aromatic heterocycles. The average Bonchev–Trinajstić information content (AvgIpc) is 3.39. The fourth-order valence-corrected chi connectivity index (χ4v) is 4.45. The second-order valence-electron chi connectivity index (χ2n) is 8.16. The lowest BCUT2D eigenvalue weighted by Gasteiger charge is -2.30. The zero-order valence-electron chi connectivity index (χ0n) is 18.6. The van der Waals surface area contributed by atoms with E-state index in [-0.39, 0.29) is 0 Å². The molecule has 7 nitrogen and oxygen atoms in total. The molecule has 2 aromatic carbocycles. The summed E-state index contributed by atoms with van der Waals surface area (Å²) in [6.45, 7) is 5.77. The van der Waals surface area contributed by atoms with Gasteiger partial charge in [0.2, 0.25) is 0 Å². The SMILES string of the molecule is CCc1cccc(C(O)(c2ccccn2)c2cc(-c3c(C)noc3C)cc3c2ncn3O)c1. The van der Waals surface area contributed by atoms with Crippen molar-refractivity contribution in [2.45, 2.75) is 32.8 Å². The average molecular weight is 441 g/mol. The second kappa shape index (κ2) is 7.86. The van der Waals surface area contributed by atoms with E-state index < -0.39 is 5.60 Å². The van der Waals surface area contributed by atoms with Crippen molar-refractivity contribution in [2.24, 2.45) is 0 Å². The lowest BCUT2D eigenvalue weighted by Crippen LogP contribution is -2.30. The molecular weight excluding hydrogens is 416 g/mol. The Morgan fingerprint density at radius 1 is 1.03 bits per heavy atom. The van der Waals surface area contributed by atoms with Crippen LogP contribution in [0.25, 0.3) is 22.2 Å². The molecule has 0 saturated heterocycles. The van der Waals surface area contributed by atoms with Crippen molar-refractivity contribution in [2.75, 3.05) is 0 Å². The third-order valence-electron chi connectivity index (χ3n) is 6.13. The molecule has 0 aliphatic heterocycles. The summed E-state index contributed by atoms with van der Waals surface area (Å²) in [5, 5.41) is 27.1. The van der Waals surface area contributed by atoms with Crippen LogP contribution in [0, 0.1) is 13.8 Å². The highest BCUT2D eigenvalue weighted by Crippen LogP contribution is 2.42. The summed E-state index contributed by atoms with van der Waals surface area (Å²) in [4.78, 5) is 8.95. The van der Waals surface area contributed by atoms with Gasteiger partial charge in [-0.3, -0.25) is 4.98 Å². The highest BCUT2D eigenvalue weighted by molar-refractivity contribution is 5.88. The highest BCUT2D eigenvalue weighted by Gasteiger charge is 2.38. The largest absolute Gasteiger partial charge is 0.427 e. The fourth-order valence-electron chi connectivity index (χ4n) is 4.45. The molecule has 0 saturated carbocycles. The number of aromatic nitrogens is 4. The Labute approximate surface area is 190 Å². The van der Waals surface area contributed by atoms with Crippen molar-refractivity contribution in [1.29, 1.82) is 0 Å². The van der Waals surface area contributed by atoms with Crippen LogP contribution in [0.5, 0.6) is 0 Å². The summed E-state index contributed by atoms with van der Waals surface area (Å²) in [6.07, 6.45) is 3.81. The van der Waals surface area contributed by atoms with Crippen LogP contribution < -0.4 is 0 Å². The molecule has 3 heterocycles. The number of pyridine rings is 1. The number of aliphatic hydroxyl groups is 1. The van der Waals surface area contributed by atoms with Crippen LogP contribution in [0.1, 0.15) is 40.8 Å². The number of benzene rings is 2. The van der Waals surface area contributed by atoms with E-state index >= 15 is 0 Å². The molecule has 0 aliphatic carbocycles. The molecule has 0 fully saturated rings. The number of aryl methyl sites for hydroxylation is 3. The Balaban J connectivity index is 1.89. The molecule has 7 heteroatoms. The molecule has 5 aromatic rings. The topological polar surface area (TPSA) is 97.2 Å². The lowest BCUT2D eigenvalue weighted by atomic mass is 9.80. The molecule has 0 spiro atoms. The third-order valence-corrected chi connectivity index (χ3v) is 6.13. The van der Waals surface area contributed by atoms with E-state index in [1.807, 2.05) is 62.4 Å². The van der Waals surface area contributed by atoms with Crippen LogP contribution >= 0.6 is 0 Å². The molecular formula is C26H24N4O3. The fraction of sp³-hybridized carbons (Fsp3) is 0.192. The Morgan fingerprint density at radius 2 is 1.88 bits per heavy atom. The number of hydrogen-bond donors (Lipinski definition) is 2. The maximum Gasteiger partial charge on any atom is 0.159 e. The van der Waals surface area contributed by atoms with Gasteiger partial charge >= 0.3 is 0 Å². The van der Waals surface area contributed by atoms with E-state index in [9.17, 15) is 10.3 Å². The molecule has 0 aliphatic rings. The Kier molecular flexibility index (Phi) is 4.98. The van der Waals surface area contributed by atoms with Gasteiger partial charge in [0.05, 0.1) is 16.9 Å². The smallest absolute Gasteiger partial charge is 0.159 e. The van der Waals surface area contributed by atoms with Gasteiger partial charge in [0, 0.05) is 17.3 Å². The summed E-state index contributed by atoms with van der Waals surface area (Å²) >= 11 is 0. The molecule has 1 atom stereocenters. The first-order chi connectivity index (χ1) is 15.9. The predicted octanol–water partition coefficient (Wildman–Crippen LogP) is 4.79. The van der Waals surface area contributed by atoms with Gasteiger partial charge in [-0.1, -0.05) is 42.4 Å². The van der Waals surface area contributed by atoms with E-state index in [0.717, 1.165) is 33.5 Å². The monoisotopic (exact) mass is 440 g/mol. The van der Waals surface area contributed by atoms with Gasteiger partial charge in [0.15, 0.2) is 5.60 Å². The van der Waals surface area contributed by atoms with Gasteiger partial charge in [0.1, 0.15) is 17.6 Å². The maximum atomic E-state index is 12.5. The molecule has 166 valence electrons. The molecule has 1 unspecified atom stereocenters. The first-order valence-corrected chi connectivity index (χ1v) is 10.8. The van der Waals surface area contributed by atoms with Gasteiger partial charge in [0.25, 0.3) is 0 Å². The van der Waals surface area contributed by atoms with Crippen molar-refractivity contribution in [3.8, 4) is 11.1 Å². The first-order valence-electron chi connectivity index (χ1n) is 10.8. The Morgan fingerprint density at radius 3 is 2.58 bits per heavy atom. The number of hydrogen-bond acceptors (Lipinski definition) is 6. The summed E-state index contributed by atoms with van der Waals surface area (Å²) in [7, 11) is 0. The standard InChI is InChI=1S/C26H24N4O3/c1-4-18-8-7-9-20(12-18)26(31,23-10-5-6-11-27-23)21-13-19(24-16(2)29-33-17(24)3)14-22-25(21)28-15-30(22)32/h5-15,31-32H,4H2,1-3H3. The van der Waals surface area contributed by atoms with Crippen LogP contribution in [0.2, 0.25) is 0 Å². The van der Waals surface area contributed by atoms with E-state index in [0.29, 0.717) is 33.6 Å². The summed E-state index contributed by atoms with van der Waals surface area (Å²) in [5.41, 5.74) is 4.34. The minimum Gasteiger partial charge on any atom is -0.427 e. The van der Waals surface area contributed by atoms with Crippen molar-refractivity contribution in [3.63, 3.8) is 0 Å². The number of nitrogens with zero attached hydrogens (tertiary/aromatic N) is 4. The normalized spacial score (nSPS) is 13.3. The number of fused-ring (bicyclic) bond motifs is 1. The zero-order valence-corrected chi connectivity index (χ0v) is 18.6. The van der Waals surface area contributed by atoms with Crippen LogP contribution in [-0.2, 0) is 12.0 Å². The minimum atomic E-state index is -1.62. The predicted molar refractivity (Wildman–Crippen MR) is 124 cm³/mol. The van der Waals surface area contributed by atoms with Crippen LogP contribution in [0.15, 0.2) is 71.6 Å². The molecule has 0 bridgehead atoms.